The Kier molecular flexibility index (Phi) is 5.04. The maximum Gasteiger partial charge on any atom is 0.220 e. The first-order chi connectivity index (χ1) is 11.6. The quantitative estimate of drug-likeness (QED) is 0.831. The second kappa shape index (κ2) is 7.39. The molecule has 1 aromatic heterocycles. The fourth-order valence-corrected chi connectivity index (χ4v) is 3.09. The Morgan fingerprint density at radius 3 is 2.75 bits per heavy atom. The first-order valence-corrected chi connectivity index (χ1v) is 8.46. The molecule has 124 valence electrons. The molecule has 1 aromatic carbocycles. The standard InChI is InChI=1S/C20H22N2O2/c1-14-4-2-7-18(22-14)13-21-20(24)11-10-19(23)17-9-8-15-5-3-6-16(15)12-17/h2,4,7-9,12H,3,5-6,10-11,13H2,1H3,(H,21,24). The molecule has 1 aliphatic carbocycles. The molecule has 4 heteroatoms. The van der Waals surface area contributed by atoms with Crippen LogP contribution in [0.5, 0.6) is 0 Å². The van der Waals surface area contributed by atoms with Gasteiger partial charge in [0.25, 0.3) is 0 Å². The van der Waals surface area contributed by atoms with Crippen molar-refractivity contribution in [2.45, 2.75) is 45.6 Å². The van der Waals surface area contributed by atoms with Crippen molar-refractivity contribution in [3.8, 4) is 0 Å². The minimum absolute atomic E-state index is 0.0357. The number of rotatable bonds is 6. The number of amides is 1. The van der Waals surface area contributed by atoms with Gasteiger partial charge in [-0.25, -0.2) is 0 Å². The maximum absolute atomic E-state index is 12.3. The Morgan fingerprint density at radius 1 is 1.08 bits per heavy atom. The highest BCUT2D eigenvalue weighted by molar-refractivity contribution is 5.98. The van der Waals surface area contributed by atoms with Crippen LogP contribution in [0.3, 0.4) is 0 Å². The average Bonchev–Trinajstić information content (AvgIpc) is 3.05. The van der Waals surface area contributed by atoms with Crippen LogP contribution in [0.4, 0.5) is 0 Å². The van der Waals surface area contributed by atoms with Gasteiger partial charge in [0, 0.05) is 24.1 Å². The van der Waals surface area contributed by atoms with Crippen molar-refractivity contribution in [2.75, 3.05) is 0 Å². The monoisotopic (exact) mass is 322 g/mol. The van der Waals surface area contributed by atoms with E-state index in [4.69, 9.17) is 0 Å². The number of hydrogen-bond donors (Lipinski definition) is 1. The second-order valence-corrected chi connectivity index (χ2v) is 6.31. The number of carbonyl (C=O) groups excluding carboxylic acids is 2. The Hall–Kier alpha value is -2.49. The number of pyridine rings is 1. The van der Waals surface area contributed by atoms with E-state index >= 15 is 0 Å². The summed E-state index contributed by atoms with van der Waals surface area (Å²) in [6.45, 7) is 2.31. The van der Waals surface area contributed by atoms with Gasteiger partial charge in [0.05, 0.1) is 12.2 Å². The lowest BCUT2D eigenvalue weighted by Gasteiger charge is -2.06. The summed E-state index contributed by atoms with van der Waals surface area (Å²) in [4.78, 5) is 28.5. The number of hydrogen-bond acceptors (Lipinski definition) is 3. The number of fused-ring (bicyclic) bond motifs is 1. The van der Waals surface area contributed by atoms with Crippen molar-refractivity contribution < 1.29 is 9.59 Å². The lowest BCUT2D eigenvalue weighted by Crippen LogP contribution is -2.23. The van der Waals surface area contributed by atoms with E-state index < -0.39 is 0 Å². The first kappa shape index (κ1) is 16.4. The molecule has 0 spiro atoms. The van der Waals surface area contributed by atoms with E-state index in [2.05, 4.69) is 16.4 Å². The number of nitrogens with one attached hydrogen (secondary N) is 1. The second-order valence-electron chi connectivity index (χ2n) is 6.31. The van der Waals surface area contributed by atoms with Gasteiger partial charge in [-0.15, -0.1) is 0 Å². The van der Waals surface area contributed by atoms with Gasteiger partial charge in [0.2, 0.25) is 5.91 Å². The molecule has 3 rings (SSSR count). The van der Waals surface area contributed by atoms with Gasteiger partial charge in [-0.3, -0.25) is 14.6 Å². The zero-order valence-corrected chi connectivity index (χ0v) is 14.0. The fraction of sp³-hybridized carbons (Fsp3) is 0.350. The molecule has 1 aliphatic rings. The van der Waals surface area contributed by atoms with E-state index in [1.807, 2.05) is 37.3 Å². The number of ketones is 1. The predicted octanol–water partition coefficient (Wildman–Crippen LogP) is 3.16. The van der Waals surface area contributed by atoms with Crippen LogP contribution < -0.4 is 5.32 Å². The van der Waals surface area contributed by atoms with Crippen LogP contribution in [0.2, 0.25) is 0 Å². The van der Waals surface area contributed by atoms with Crippen LogP contribution in [0, 0.1) is 6.92 Å². The predicted molar refractivity (Wildman–Crippen MR) is 92.9 cm³/mol. The van der Waals surface area contributed by atoms with E-state index in [9.17, 15) is 9.59 Å². The van der Waals surface area contributed by atoms with Crippen LogP contribution in [0.15, 0.2) is 36.4 Å². The van der Waals surface area contributed by atoms with Crippen molar-refractivity contribution in [1.29, 1.82) is 0 Å². The molecule has 4 nitrogen and oxygen atoms in total. The zero-order chi connectivity index (χ0) is 16.9. The lowest BCUT2D eigenvalue weighted by molar-refractivity contribution is -0.121. The van der Waals surface area contributed by atoms with Crippen LogP contribution in [0.1, 0.15) is 52.1 Å². The SMILES string of the molecule is Cc1cccc(CNC(=O)CCC(=O)c2ccc3c(c2)CCC3)n1. The third-order valence-electron chi connectivity index (χ3n) is 4.41. The summed E-state index contributed by atoms with van der Waals surface area (Å²) in [5.74, 6) is -0.0821. The zero-order valence-electron chi connectivity index (χ0n) is 14.0. The molecule has 2 aromatic rings. The van der Waals surface area contributed by atoms with Gasteiger partial charge in [-0.2, -0.15) is 0 Å². The highest BCUT2D eigenvalue weighted by atomic mass is 16.2. The summed E-state index contributed by atoms with van der Waals surface area (Å²) in [6, 6.07) is 11.7. The lowest BCUT2D eigenvalue weighted by atomic mass is 10.0. The smallest absolute Gasteiger partial charge is 0.220 e. The van der Waals surface area contributed by atoms with Gasteiger partial charge >= 0.3 is 0 Å². The minimum Gasteiger partial charge on any atom is -0.350 e. The summed E-state index contributed by atoms with van der Waals surface area (Å²) in [5.41, 5.74) is 5.12. The summed E-state index contributed by atoms with van der Waals surface area (Å²) in [6.07, 6.45) is 3.79. The molecule has 24 heavy (non-hydrogen) atoms. The molecule has 0 radical (unpaired) electrons. The number of aryl methyl sites for hydroxylation is 3. The number of benzene rings is 1. The van der Waals surface area contributed by atoms with Crippen molar-refractivity contribution in [1.82, 2.24) is 10.3 Å². The van der Waals surface area contributed by atoms with Gasteiger partial charge in [-0.1, -0.05) is 18.2 Å². The van der Waals surface area contributed by atoms with E-state index in [0.717, 1.165) is 29.8 Å². The molecular weight excluding hydrogens is 300 g/mol. The molecule has 1 amide bonds. The van der Waals surface area contributed by atoms with Crippen LogP contribution in [-0.2, 0) is 24.2 Å². The summed E-state index contributed by atoms with van der Waals surface area (Å²) in [5, 5.41) is 2.82. The average molecular weight is 322 g/mol. The number of Topliss-reactive ketones (excluding diaryl/α,β-unsaturated/α-hetero) is 1. The van der Waals surface area contributed by atoms with Gasteiger partial charge in [0.15, 0.2) is 5.78 Å². The van der Waals surface area contributed by atoms with E-state index in [1.54, 1.807) is 0 Å². The molecule has 1 heterocycles. The number of aromatic nitrogens is 1. The Bertz CT molecular complexity index is 768. The van der Waals surface area contributed by atoms with Gasteiger partial charge in [-0.05, 0) is 55.5 Å². The van der Waals surface area contributed by atoms with Crippen molar-refractivity contribution >= 4 is 11.7 Å². The summed E-state index contributed by atoms with van der Waals surface area (Å²) >= 11 is 0. The van der Waals surface area contributed by atoms with Crippen molar-refractivity contribution in [3.63, 3.8) is 0 Å². The van der Waals surface area contributed by atoms with E-state index in [0.29, 0.717) is 6.54 Å². The number of nitrogens with zero attached hydrogens (tertiary/aromatic N) is 1. The highest BCUT2D eigenvalue weighted by Crippen LogP contribution is 2.23. The molecule has 0 saturated heterocycles. The van der Waals surface area contributed by atoms with Crippen LogP contribution in [-0.4, -0.2) is 16.7 Å². The van der Waals surface area contributed by atoms with Crippen molar-refractivity contribution in [3.05, 3.63) is 64.5 Å². The summed E-state index contributed by atoms with van der Waals surface area (Å²) in [7, 11) is 0. The number of carbonyl (C=O) groups is 2. The van der Waals surface area contributed by atoms with Gasteiger partial charge < -0.3 is 5.32 Å². The maximum atomic E-state index is 12.3. The molecule has 0 bridgehead atoms. The van der Waals surface area contributed by atoms with Crippen LogP contribution in [0.25, 0.3) is 0 Å². The summed E-state index contributed by atoms with van der Waals surface area (Å²) < 4.78 is 0. The first-order valence-electron chi connectivity index (χ1n) is 8.46. The third-order valence-corrected chi connectivity index (χ3v) is 4.41. The third kappa shape index (κ3) is 4.07. The fourth-order valence-electron chi connectivity index (χ4n) is 3.09. The normalized spacial score (nSPS) is 12.7. The van der Waals surface area contributed by atoms with E-state index in [-0.39, 0.29) is 24.5 Å². The molecule has 1 N–H and O–H groups in total. The Labute approximate surface area is 142 Å². The Morgan fingerprint density at radius 2 is 1.92 bits per heavy atom. The molecule has 0 unspecified atom stereocenters. The van der Waals surface area contributed by atoms with Gasteiger partial charge in [0.1, 0.15) is 0 Å². The molecule has 0 fully saturated rings. The van der Waals surface area contributed by atoms with Crippen molar-refractivity contribution in [2.24, 2.45) is 0 Å². The minimum atomic E-state index is -0.118. The highest BCUT2D eigenvalue weighted by Gasteiger charge is 2.14. The molecular formula is C20H22N2O2. The molecule has 0 aliphatic heterocycles. The largest absolute Gasteiger partial charge is 0.350 e. The topological polar surface area (TPSA) is 59.1 Å². The van der Waals surface area contributed by atoms with E-state index in [1.165, 1.54) is 17.5 Å². The van der Waals surface area contributed by atoms with Crippen LogP contribution >= 0.6 is 0 Å². The molecule has 0 atom stereocenters. The molecule has 0 saturated carbocycles. The Balaban J connectivity index is 1.48.